The number of urea groups is 1. The van der Waals surface area contributed by atoms with E-state index in [-0.39, 0.29) is 24.5 Å². The van der Waals surface area contributed by atoms with E-state index in [9.17, 15) is 19.2 Å². The molecular weight excluding hydrogens is 402 g/mol. The molecule has 9 heteroatoms. The van der Waals surface area contributed by atoms with Crippen LogP contribution in [-0.4, -0.2) is 57.5 Å². The topological polar surface area (TPSA) is 96.5 Å². The Bertz CT molecular complexity index is 882. The van der Waals surface area contributed by atoms with Gasteiger partial charge in [0.15, 0.2) is 0 Å². The van der Waals surface area contributed by atoms with Crippen LogP contribution in [0.3, 0.4) is 0 Å². The molecule has 4 amide bonds. The molecule has 4 aliphatic rings. The molecule has 9 nitrogen and oxygen atoms in total. The van der Waals surface area contributed by atoms with E-state index >= 15 is 0 Å². The lowest BCUT2D eigenvalue weighted by atomic mass is 9.81. The molecule has 1 saturated carbocycles. The highest BCUT2D eigenvalue weighted by molar-refractivity contribution is 6.05. The number of hydrogen-bond acceptors (Lipinski definition) is 6. The second-order valence-electron chi connectivity index (χ2n) is 8.65. The monoisotopic (exact) mass is 427 g/mol. The smallest absolute Gasteiger partial charge is 0.328 e. The Hall–Kier alpha value is -2.94. The van der Waals surface area contributed by atoms with Crippen LogP contribution in [-0.2, 0) is 30.7 Å². The molecule has 0 aromatic heterocycles. The Morgan fingerprint density at radius 3 is 2.29 bits per heavy atom. The zero-order valence-electron chi connectivity index (χ0n) is 17.1. The van der Waals surface area contributed by atoms with Crippen LogP contribution >= 0.6 is 0 Å². The van der Waals surface area contributed by atoms with E-state index in [1.165, 1.54) is 9.96 Å². The summed E-state index contributed by atoms with van der Waals surface area (Å²) < 4.78 is 0. The zero-order valence-corrected chi connectivity index (χ0v) is 17.1. The fourth-order valence-corrected chi connectivity index (χ4v) is 5.13. The normalized spacial score (nSPS) is 30.1. The third-order valence-corrected chi connectivity index (χ3v) is 6.79. The van der Waals surface area contributed by atoms with Gasteiger partial charge in [-0.25, -0.2) is 9.59 Å². The fraction of sp³-hybridized carbons (Fsp3) is 0.545. The van der Waals surface area contributed by atoms with Crippen LogP contribution in [0.25, 0.3) is 0 Å². The molecule has 0 spiro atoms. The minimum absolute atomic E-state index is 0.141. The molecular formula is C22H25N3O6. The van der Waals surface area contributed by atoms with E-state index in [1.54, 1.807) is 0 Å². The van der Waals surface area contributed by atoms with Crippen LogP contribution in [0.1, 0.15) is 44.1 Å². The predicted molar refractivity (Wildman–Crippen MR) is 105 cm³/mol. The van der Waals surface area contributed by atoms with E-state index in [4.69, 9.17) is 9.68 Å². The van der Waals surface area contributed by atoms with E-state index < -0.39 is 29.9 Å². The van der Waals surface area contributed by atoms with Gasteiger partial charge in [0, 0.05) is 6.54 Å². The minimum atomic E-state index is -0.836. The number of hydrogen-bond donors (Lipinski definition) is 0. The summed E-state index contributed by atoms with van der Waals surface area (Å²) >= 11 is 0. The van der Waals surface area contributed by atoms with Crippen molar-refractivity contribution < 1.29 is 28.9 Å². The first-order valence-corrected chi connectivity index (χ1v) is 10.9. The third-order valence-electron chi connectivity index (χ3n) is 6.79. The first kappa shape index (κ1) is 20.0. The lowest BCUT2D eigenvalue weighted by Gasteiger charge is -2.29. The number of nitrogens with zero attached hydrogens (tertiary/aromatic N) is 3. The quantitative estimate of drug-likeness (QED) is 0.667. The molecule has 1 aliphatic carbocycles. The number of piperidine rings is 1. The number of carbonyl (C=O) groups is 4. The van der Waals surface area contributed by atoms with Gasteiger partial charge in [-0.15, -0.1) is 5.06 Å². The second-order valence-corrected chi connectivity index (χ2v) is 8.65. The van der Waals surface area contributed by atoms with Crippen molar-refractivity contribution in [1.82, 2.24) is 15.0 Å². The Balaban J connectivity index is 1.23. The van der Waals surface area contributed by atoms with E-state index in [0.717, 1.165) is 18.4 Å². The van der Waals surface area contributed by atoms with Crippen LogP contribution < -0.4 is 0 Å². The molecule has 4 atom stereocenters. The number of benzene rings is 1. The summed E-state index contributed by atoms with van der Waals surface area (Å²) in [4.78, 5) is 63.3. The number of fused-ring (bicyclic) bond motifs is 3. The summed E-state index contributed by atoms with van der Waals surface area (Å²) in [5.41, 5.74) is 0.940. The maximum absolute atomic E-state index is 12.9. The van der Waals surface area contributed by atoms with Gasteiger partial charge in [-0.05, 0) is 31.2 Å². The van der Waals surface area contributed by atoms with Crippen molar-refractivity contribution >= 4 is 23.8 Å². The van der Waals surface area contributed by atoms with Gasteiger partial charge in [0.25, 0.3) is 11.8 Å². The second kappa shape index (κ2) is 7.96. The fourth-order valence-electron chi connectivity index (χ4n) is 5.13. The first-order valence-electron chi connectivity index (χ1n) is 10.9. The highest BCUT2D eigenvalue weighted by Gasteiger charge is 2.53. The minimum Gasteiger partial charge on any atom is -0.328 e. The van der Waals surface area contributed by atoms with Gasteiger partial charge in [0.05, 0.1) is 17.9 Å². The Labute approximate surface area is 179 Å². The van der Waals surface area contributed by atoms with Crippen molar-refractivity contribution in [2.75, 3.05) is 6.54 Å². The number of rotatable bonds is 5. The van der Waals surface area contributed by atoms with Crippen LogP contribution in [0, 0.1) is 11.8 Å². The van der Waals surface area contributed by atoms with Crippen molar-refractivity contribution in [3.8, 4) is 0 Å². The van der Waals surface area contributed by atoms with Gasteiger partial charge < -0.3 is 9.74 Å². The molecule has 4 fully saturated rings. The van der Waals surface area contributed by atoms with Gasteiger partial charge in [0.1, 0.15) is 12.6 Å². The summed E-state index contributed by atoms with van der Waals surface area (Å²) in [7, 11) is 0. The Kier molecular flexibility index (Phi) is 5.13. The lowest BCUT2D eigenvalue weighted by molar-refractivity contribution is -0.202. The van der Waals surface area contributed by atoms with Gasteiger partial charge in [0.2, 0.25) is 0 Å². The molecule has 3 saturated heterocycles. The van der Waals surface area contributed by atoms with Crippen LogP contribution in [0.5, 0.6) is 0 Å². The summed E-state index contributed by atoms with van der Waals surface area (Å²) in [5, 5.41) is 1.99. The molecule has 2 bridgehead atoms. The van der Waals surface area contributed by atoms with Crippen LogP contribution in [0.15, 0.2) is 30.3 Å². The van der Waals surface area contributed by atoms with E-state index in [2.05, 4.69) is 0 Å². The lowest BCUT2D eigenvalue weighted by Crippen LogP contribution is -2.48. The van der Waals surface area contributed by atoms with E-state index in [1.807, 2.05) is 30.3 Å². The molecule has 1 aromatic rings. The third kappa shape index (κ3) is 3.46. The predicted octanol–water partition coefficient (Wildman–Crippen LogP) is 2.02. The van der Waals surface area contributed by atoms with Crippen molar-refractivity contribution in [2.45, 2.75) is 57.2 Å². The molecule has 164 valence electrons. The number of amides is 4. The van der Waals surface area contributed by atoms with Crippen LogP contribution in [0.4, 0.5) is 4.79 Å². The number of hydroxylamine groups is 4. The highest BCUT2D eigenvalue weighted by atomic mass is 16.7. The largest absolute Gasteiger partial charge is 0.355 e. The van der Waals surface area contributed by atoms with Crippen molar-refractivity contribution in [1.29, 1.82) is 0 Å². The van der Waals surface area contributed by atoms with Gasteiger partial charge >= 0.3 is 12.0 Å². The summed E-state index contributed by atoms with van der Waals surface area (Å²) in [6.07, 6.45) is 4.05. The summed E-state index contributed by atoms with van der Waals surface area (Å²) in [6.45, 7) is 0.603. The Morgan fingerprint density at radius 2 is 1.61 bits per heavy atom. The molecule has 3 aliphatic heterocycles. The van der Waals surface area contributed by atoms with Crippen molar-refractivity contribution in [2.24, 2.45) is 11.8 Å². The summed E-state index contributed by atoms with van der Waals surface area (Å²) in [6, 6.07) is 8.15. The first-order chi connectivity index (χ1) is 15.0. The Morgan fingerprint density at radius 1 is 0.935 bits per heavy atom. The molecule has 5 rings (SSSR count). The number of imide groups is 1. The van der Waals surface area contributed by atoms with Crippen molar-refractivity contribution in [3.63, 3.8) is 0 Å². The standard InChI is InChI=1S/C22H25N3O6/c26-19-16-8-4-5-9-17(16)20(27)25(19)31-21(28)18-11-10-15-12-23(18)22(29)24(15)30-13-14-6-2-1-3-7-14/h1-3,6-7,15-18H,4-5,8-13H2/t15-,16?,17?,18+/m1/s1. The van der Waals surface area contributed by atoms with E-state index in [0.29, 0.717) is 37.3 Å². The molecule has 0 radical (unpaired) electrons. The van der Waals surface area contributed by atoms with Gasteiger partial charge in [-0.1, -0.05) is 43.2 Å². The molecule has 31 heavy (non-hydrogen) atoms. The van der Waals surface area contributed by atoms with Gasteiger partial charge in [-0.3, -0.25) is 14.4 Å². The highest BCUT2D eigenvalue weighted by Crippen LogP contribution is 2.38. The average Bonchev–Trinajstić information content (AvgIpc) is 3.18. The SMILES string of the molecule is O=C(ON1C(=O)C2CCCCC2C1=O)[C@@H]1CC[C@@H]2CN1C(=O)N2OCc1ccccc1. The maximum Gasteiger partial charge on any atom is 0.355 e. The average molecular weight is 427 g/mol. The van der Waals surface area contributed by atoms with Crippen molar-refractivity contribution in [3.05, 3.63) is 35.9 Å². The molecule has 3 heterocycles. The van der Waals surface area contributed by atoms with Crippen LogP contribution in [0.2, 0.25) is 0 Å². The van der Waals surface area contributed by atoms with Gasteiger partial charge in [-0.2, -0.15) is 5.06 Å². The molecule has 2 unspecified atom stereocenters. The summed E-state index contributed by atoms with van der Waals surface area (Å²) in [5.74, 6) is -2.38. The zero-order chi connectivity index (χ0) is 21.5. The molecule has 0 N–H and O–H groups in total. The number of carbonyl (C=O) groups excluding carboxylic acids is 4. The molecule has 1 aromatic carbocycles. The maximum atomic E-state index is 12.9.